The Morgan fingerprint density at radius 2 is 2.06 bits per heavy atom. The van der Waals surface area contributed by atoms with Crippen LogP contribution in [0.3, 0.4) is 0 Å². The van der Waals surface area contributed by atoms with E-state index in [1.54, 1.807) is 0 Å². The second-order valence-corrected chi connectivity index (χ2v) is 4.95. The summed E-state index contributed by atoms with van der Waals surface area (Å²) in [6.45, 7) is 4.09. The zero-order valence-corrected chi connectivity index (χ0v) is 10.0. The van der Waals surface area contributed by atoms with E-state index in [1.807, 2.05) is 38.5 Å². The van der Waals surface area contributed by atoms with Crippen LogP contribution in [0.15, 0.2) is 36.8 Å². The van der Waals surface area contributed by atoms with Gasteiger partial charge in [0.05, 0.1) is 30.4 Å². The molecule has 0 bridgehead atoms. The molecule has 0 fully saturated rings. The molecule has 0 saturated carbocycles. The Labute approximate surface area is 101 Å². The SMILES string of the molecule is CC(C)[C@@H](O)[C@@H]1c2ccccc2-c2cncn21. The smallest absolute Gasteiger partial charge is 0.0957 e. The van der Waals surface area contributed by atoms with Crippen molar-refractivity contribution in [3.05, 3.63) is 42.4 Å². The van der Waals surface area contributed by atoms with E-state index < -0.39 is 0 Å². The maximum absolute atomic E-state index is 10.4. The monoisotopic (exact) mass is 228 g/mol. The number of imidazole rings is 1. The van der Waals surface area contributed by atoms with Crippen molar-refractivity contribution in [2.75, 3.05) is 0 Å². The number of nitrogens with zero attached hydrogens (tertiary/aromatic N) is 2. The minimum absolute atomic E-state index is 0.00343. The van der Waals surface area contributed by atoms with Gasteiger partial charge in [0.15, 0.2) is 0 Å². The molecule has 0 saturated heterocycles. The van der Waals surface area contributed by atoms with Crippen molar-refractivity contribution in [3.8, 4) is 11.3 Å². The lowest BCUT2D eigenvalue weighted by atomic mass is 9.93. The van der Waals surface area contributed by atoms with Crippen molar-refractivity contribution in [3.63, 3.8) is 0 Å². The Bertz CT molecular complexity index is 545. The molecular formula is C14H16N2O. The molecule has 0 unspecified atom stereocenters. The largest absolute Gasteiger partial charge is 0.390 e. The first-order valence-electron chi connectivity index (χ1n) is 5.99. The summed E-state index contributed by atoms with van der Waals surface area (Å²) in [5.74, 6) is 0.224. The molecule has 1 aromatic carbocycles. The van der Waals surface area contributed by atoms with Crippen LogP contribution in [0.25, 0.3) is 11.3 Å². The van der Waals surface area contributed by atoms with E-state index in [1.165, 1.54) is 11.1 Å². The van der Waals surface area contributed by atoms with Crippen molar-refractivity contribution in [2.45, 2.75) is 26.0 Å². The number of benzene rings is 1. The maximum Gasteiger partial charge on any atom is 0.0957 e. The third kappa shape index (κ3) is 1.42. The molecule has 2 heterocycles. The summed E-state index contributed by atoms with van der Waals surface area (Å²) in [6.07, 6.45) is 3.30. The van der Waals surface area contributed by atoms with E-state index in [4.69, 9.17) is 0 Å². The van der Waals surface area contributed by atoms with Gasteiger partial charge in [0, 0.05) is 5.56 Å². The van der Waals surface area contributed by atoms with Gasteiger partial charge in [-0.25, -0.2) is 4.98 Å². The van der Waals surface area contributed by atoms with Crippen molar-refractivity contribution < 1.29 is 5.11 Å². The molecule has 17 heavy (non-hydrogen) atoms. The number of hydrogen-bond acceptors (Lipinski definition) is 2. The minimum Gasteiger partial charge on any atom is -0.390 e. The van der Waals surface area contributed by atoms with Gasteiger partial charge in [-0.1, -0.05) is 38.1 Å². The van der Waals surface area contributed by atoms with E-state index >= 15 is 0 Å². The molecule has 2 aromatic rings. The zero-order chi connectivity index (χ0) is 12.0. The maximum atomic E-state index is 10.4. The van der Waals surface area contributed by atoms with E-state index in [2.05, 4.69) is 21.7 Å². The second kappa shape index (κ2) is 3.70. The van der Waals surface area contributed by atoms with E-state index in [-0.39, 0.29) is 18.1 Å². The van der Waals surface area contributed by atoms with Gasteiger partial charge >= 0.3 is 0 Å². The number of aliphatic hydroxyl groups is 1. The first kappa shape index (κ1) is 10.5. The van der Waals surface area contributed by atoms with Gasteiger partial charge in [0.1, 0.15) is 0 Å². The molecule has 0 amide bonds. The predicted molar refractivity (Wildman–Crippen MR) is 66.6 cm³/mol. The van der Waals surface area contributed by atoms with Gasteiger partial charge < -0.3 is 9.67 Å². The summed E-state index contributed by atoms with van der Waals surface area (Å²) in [7, 11) is 0. The average molecular weight is 228 g/mol. The van der Waals surface area contributed by atoms with Gasteiger partial charge in [-0.2, -0.15) is 0 Å². The Balaban J connectivity index is 2.17. The van der Waals surface area contributed by atoms with E-state index in [9.17, 15) is 5.11 Å². The number of fused-ring (bicyclic) bond motifs is 3. The predicted octanol–water partition coefficient (Wildman–Crippen LogP) is 2.47. The molecule has 2 atom stereocenters. The van der Waals surface area contributed by atoms with Gasteiger partial charge in [-0.3, -0.25) is 0 Å². The summed E-state index contributed by atoms with van der Waals surface area (Å²) in [5.41, 5.74) is 3.49. The van der Waals surface area contributed by atoms with Gasteiger partial charge in [-0.05, 0) is 11.5 Å². The number of aromatic nitrogens is 2. The van der Waals surface area contributed by atoms with Crippen LogP contribution in [0.1, 0.15) is 25.5 Å². The fourth-order valence-electron chi connectivity index (χ4n) is 2.59. The lowest BCUT2D eigenvalue weighted by Crippen LogP contribution is -2.27. The quantitative estimate of drug-likeness (QED) is 0.857. The van der Waals surface area contributed by atoms with Crippen molar-refractivity contribution in [1.29, 1.82) is 0 Å². The minimum atomic E-state index is -0.383. The average Bonchev–Trinajstić information content (AvgIpc) is 2.87. The molecule has 1 aliphatic heterocycles. The lowest BCUT2D eigenvalue weighted by Gasteiger charge is -2.24. The first-order valence-corrected chi connectivity index (χ1v) is 5.99. The molecule has 1 aromatic heterocycles. The third-order valence-corrected chi connectivity index (χ3v) is 3.53. The van der Waals surface area contributed by atoms with Crippen LogP contribution in [-0.2, 0) is 0 Å². The number of hydrogen-bond donors (Lipinski definition) is 1. The van der Waals surface area contributed by atoms with Crippen LogP contribution in [0.4, 0.5) is 0 Å². The summed E-state index contributed by atoms with van der Waals surface area (Å²) in [4.78, 5) is 4.19. The van der Waals surface area contributed by atoms with Crippen molar-refractivity contribution in [2.24, 2.45) is 5.92 Å². The topological polar surface area (TPSA) is 38.1 Å². The van der Waals surface area contributed by atoms with Crippen LogP contribution < -0.4 is 0 Å². The first-order chi connectivity index (χ1) is 8.20. The highest BCUT2D eigenvalue weighted by Crippen LogP contribution is 2.41. The van der Waals surface area contributed by atoms with Crippen molar-refractivity contribution >= 4 is 0 Å². The Hall–Kier alpha value is -1.61. The van der Waals surface area contributed by atoms with Crippen LogP contribution in [0, 0.1) is 5.92 Å². The molecule has 88 valence electrons. The highest BCUT2D eigenvalue weighted by Gasteiger charge is 2.34. The molecular weight excluding hydrogens is 212 g/mol. The molecule has 0 aliphatic carbocycles. The molecule has 1 N–H and O–H groups in total. The van der Waals surface area contributed by atoms with Gasteiger partial charge in [0.2, 0.25) is 0 Å². The molecule has 1 aliphatic rings. The van der Waals surface area contributed by atoms with Crippen LogP contribution in [0.5, 0.6) is 0 Å². The van der Waals surface area contributed by atoms with Crippen LogP contribution in [-0.4, -0.2) is 20.8 Å². The Morgan fingerprint density at radius 1 is 1.29 bits per heavy atom. The molecule has 0 spiro atoms. The Kier molecular flexibility index (Phi) is 2.30. The fraction of sp³-hybridized carbons (Fsp3) is 0.357. The van der Waals surface area contributed by atoms with Gasteiger partial charge in [-0.15, -0.1) is 0 Å². The van der Waals surface area contributed by atoms with Gasteiger partial charge in [0.25, 0.3) is 0 Å². The lowest BCUT2D eigenvalue weighted by molar-refractivity contribution is 0.0880. The summed E-state index contributed by atoms with van der Waals surface area (Å²) in [6, 6.07) is 8.25. The standard InChI is InChI=1S/C14H16N2O/c1-9(2)14(17)13-11-6-4-3-5-10(11)12-7-15-8-16(12)13/h3-9,13-14,17H,1-2H3/t13-,14+/m0/s1. The molecule has 0 radical (unpaired) electrons. The van der Waals surface area contributed by atoms with E-state index in [0.717, 1.165) is 5.69 Å². The second-order valence-electron chi connectivity index (χ2n) is 4.95. The Morgan fingerprint density at radius 3 is 2.82 bits per heavy atom. The van der Waals surface area contributed by atoms with E-state index in [0.29, 0.717) is 0 Å². The summed E-state index contributed by atoms with van der Waals surface area (Å²) < 4.78 is 2.08. The number of aliphatic hydroxyl groups excluding tert-OH is 1. The summed E-state index contributed by atoms with van der Waals surface area (Å²) in [5, 5.41) is 10.4. The fourth-order valence-corrected chi connectivity index (χ4v) is 2.59. The number of rotatable bonds is 2. The van der Waals surface area contributed by atoms with Crippen LogP contribution in [0.2, 0.25) is 0 Å². The molecule has 3 nitrogen and oxygen atoms in total. The highest BCUT2D eigenvalue weighted by atomic mass is 16.3. The summed E-state index contributed by atoms with van der Waals surface area (Å²) >= 11 is 0. The molecule has 3 heteroatoms. The normalized spacial score (nSPS) is 19.2. The van der Waals surface area contributed by atoms with Crippen LogP contribution >= 0.6 is 0 Å². The highest BCUT2D eigenvalue weighted by molar-refractivity contribution is 5.69. The molecule has 3 rings (SSSR count). The third-order valence-electron chi connectivity index (χ3n) is 3.53. The zero-order valence-electron chi connectivity index (χ0n) is 10.0. The van der Waals surface area contributed by atoms with Crippen molar-refractivity contribution in [1.82, 2.24) is 9.55 Å².